The third kappa shape index (κ3) is 5.90. The molecule has 2 amide bonds. The van der Waals surface area contributed by atoms with E-state index in [4.69, 9.17) is 5.11 Å². The highest BCUT2D eigenvalue weighted by atomic mass is 16.4. The Kier molecular flexibility index (Phi) is 6.13. The molecule has 6 heteroatoms. The summed E-state index contributed by atoms with van der Waals surface area (Å²) in [7, 11) is 0. The fraction of sp³-hybridized carbons (Fsp3) is 0.267. The van der Waals surface area contributed by atoms with E-state index >= 15 is 0 Å². The number of hydrogen-bond donors (Lipinski definition) is 3. The van der Waals surface area contributed by atoms with Gasteiger partial charge >= 0.3 is 5.97 Å². The molecular weight excluding hydrogens is 272 g/mol. The maximum atomic E-state index is 12.0. The van der Waals surface area contributed by atoms with Gasteiger partial charge in [0.1, 0.15) is 0 Å². The molecule has 3 N–H and O–H groups in total. The number of carboxylic acids is 1. The monoisotopic (exact) mass is 290 g/mol. The smallest absolute Gasteiger partial charge is 0.328 e. The molecule has 0 spiro atoms. The summed E-state index contributed by atoms with van der Waals surface area (Å²) in [4.78, 5) is 33.7. The fourth-order valence-corrected chi connectivity index (χ4v) is 1.48. The summed E-state index contributed by atoms with van der Waals surface area (Å²) in [5.74, 6) is -2.00. The number of benzene rings is 1. The lowest BCUT2D eigenvalue weighted by molar-refractivity contribution is -0.131. The third-order valence-electron chi connectivity index (χ3n) is 2.76. The topological polar surface area (TPSA) is 95.5 Å². The van der Waals surface area contributed by atoms with Gasteiger partial charge in [-0.3, -0.25) is 9.59 Å². The van der Waals surface area contributed by atoms with Gasteiger partial charge in [-0.1, -0.05) is 13.0 Å². The molecule has 1 aromatic carbocycles. The Morgan fingerprint density at radius 3 is 2.62 bits per heavy atom. The SMILES string of the molecule is CC[C@@H](C)NC(=O)c1cccc(NC(=O)/C=C/C(=O)O)c1. The van der Waals surface area contributed by atoms with Gasteiger partial charge in [0.15, 0.2) is 0 Å². The standard InChI is InChI=1S/C15H18N2O4/c1-3-10(2)16-15(21)11-5-4-6-12(9-11)17-13(18)7-8-14(19)20/h4-10H,3H2,1-2H3,(H,16,21)(H,17,18)(H,19,20)/b8-7+/t10-/m1/s1. The first-order chi connectivity index (χ1) is 9.92. The van der Waals surface area contributed by atoms with E-state index in [0.717, 1.165) is 18.6 Å². The average Bonchev–Trinajstić information content (AvgIpc) is 2.45. The van der Waals surface area contributed by atoms with Crippen LogP contribution in [0.3, 0.4) is 0 Å². The molecule has 21 heavy (non-hydrogen) atoms. The van der Waals surface area contributed by atoms with Gasteiger partial charge in [-0.05, 0) is 31.5 Å². The molecule has 112 valence electrons. The first-order valence-electron chi connectivity index (χ1n) is 6.55. The molecule has 6 nitrogen and oxygen atoms in total. The number of carbonyl (C=O) groups excluding carboxylic acids is 2. The van der Waals surface area contributed by atoms with Crippen LogP contribution >= 0.6 is 0 Å². The maximum Gasteiger partial charge on any atom is 0.328 e. The van der Waals surface area contributed by atoms with E-state index in [1.165, 1.54) is 6.07 Å². The quantitative estimate of drug-likeness (QED) is 0.696. The fourth-order valence-electron chi connectivity index (χ4n) is 1.48. The van der Waals surface area contributed by atoms with Crippen LogP contribution in [0, 0.1) is 0 Å². The number of aliphatic carboxylic acids is 1. The predicted molar refractivity (Wildman–Crippen MR) is 79.1 cm³/mol. The van der Waals surface area contributed by atoms with Crippen molar-refractivity contribution in [1.29, 1.82) is 0 Å². The van der Waals surface area contributed by atoms with Gasteiger partial charge in [-0.2, -0.15) is 0 Å². The first kappa shape index (κ1) is 16.4. The van der Waals surface area contributed by atoms with E-state index < -0.39 is 11.9 Å². The molecule has 0 unspecified atom stereocenters. The number of nitrogens with one attached hydrogen (secondary N) is 2. The van der Waals surface area contributed by atoms with Crippen molar-refractivity contribution in [3.05, 3.63) is 42.0 Å². The van der Waals surface area contributed by atoms with E-state index in [1.807, 2.05) is 13.8 Å². The molecule has 0 fully saturated rings. The van der Waals surface area contributed by atoms with Crippen LogP contribution in [0.2, 0.25) is 0 Å². The summed E-state index contributed by atoms with van der Waals surface area (Å²) in [5, 5.41) is 13.7. The Hall–Kier alpha value is -2.63. The van der Waals surface area contributed by atoms with E-state index in [1.54, 1.807) is 18.2 Å². The van der Waals surface area contributed by atoms with Crippen molar-refractivity contribution in [3.8, 4) is 0 Å². The van der Waals surface area contributed by atoms with Crippen molar-refractivity contribution in [3.63, 3.8) is 0 Å². The number of anilines is 1. The largest absolute Gasteiger partial charge is 0.478 e. The molecule has 0 heterocycles. The van der Waals surface area contributed by atoms with Crippen LogP contribution in [0.25, 0.3) is 0 Å². The minimum absolute atomic E-state index is 0.0641. The Morgan fingerprint density at radius 1 is 1.29 bits per heavy atom. The minimum Gasteiger partial charge on any atom is -0.478 e. The van der Waals surface area contributed by atoms with Gasteiger partial charge in [0, 0.05) is 29.4 Å². The van der Waals surface area contributed by atoms with Gasteiger partial charge in [0.2, 0.25) is 5.91 Å². The molecule has 0 aromatic heterocycles. The highest BCUT2D eigenvalue weighted by molar-refractivity contribution is 6.03. The summed E-state index contributed by atoms with van der Waals surface area (Å²) < 4.78 is 0. The average molecular weight is 290 g/mol. The summed E-state index contributed by atoms with van der Waals surface area (Å²) in [6.45, 7) is 3.87. The highest BCUT2D eigenvalue weighted by Gasteiger charge is 2.09. The van der Waals surface area contributed by atoms with Gasteiger partial charge < -0.3 is 15.7 Å². The van der Waals surface area contributed by atoms with Crippen molar-refractivity contribution in [2.24, 2.45) is 0 Å². The predicted octanol–water partition coefficient (Wildman–Crippen LogP) is 1.79. The molecule has 0 saturated heterocycles. The second-order valence-electron chi connectivity index (χ2n) is 4.52. The van der Waals surface area contributed by atoms with E-state index in [-0.39, 0.29) is 11.9 Å². The van der Waals surface area contributed by atoms with Crippen molar-refractivity contribution in [1.82, 2.24) is 5.32 Å². The summed E-state index contributed by atoms with van der Waals surface area (Å²) >= 11 is 0. The zero-order chi connectivity index (χ0) is 15.8. The van der Waals surface area contributed by atoms with Crippen LogP contribution < -0.4 is 10.6 Å². The second kappa shape index (κ2) is 7.84. The zero-order valence-corrected chi connectivity index (χ0v) is 11.9. The summed E-state index contributed by atoms with van der Waals surface area (Å²) in [5.41, 5.74) is 0.849. The molecule has 0 aliphatic carbocycles. The normalized spacial score (nSPS) is 11.9. The molecule has 0 saturated carbocycles. The molecule has 0 bridgehead atoms. The molecule has 1 rings (SSSR count). The van der Waals surface area contributed by atoms with Gasteiger partial charge in [-0.25, -0.2) is 4.79 Å². The number of carbonyl (C=O) groups is 3. The number of carboxylic acid groups (broad SMARTS) is 1. The second-order valence-corrected chi connectivity index (χ2v) is 4.52. The lowest BCUT2D eigenvalue weighted by atomic mass is 10.1. The number of rotatable bonds is 6. The summed E-state index contributed by atoms with van der Waals surface area (Å²) in [6, 6.07) is 6.49. The van der Waals surface area contributed by atoms with Gasteiger partial charge in [0.25, 0.3) is 5.91 Å². The van der Waals surface area contributed by atoms with Crippen LogP contribution in [-0.4, -0.2) is 28.9 Å². The lowest BCUT2D eigenvalue weighted by Crippen LogP contribution is -2.31. The van der Waals surface area contributed by atoms with Crippen molar-refractivity contribution in [2.75, 3.05) is 5.32 Å². The number of amides is 2. The van der Waals surface area contributed by atoms with Crippen LogP contribution in [0.4, 0.5) is 5.69 Å². The van der Waals surface area contributed by atoms with Crippen molar-refractivity contribution >= 4 is 23.5 Å². The maximum absolute atomic E-state index is 12.0. The van der Waals surface area contributed by atoms with E-state index in [0.29, 0.717) is 11.3 Å². The summed E-state index contributed by atoms with van der Waals surface area (Å²) in [6.07, 6.45) is 2.48. The Morgan fingerprint density at radius 2 is 2.00 bits per heavy atom. The van der Waals surface area contributed by atoms with Crippen LogP contribution in [-0.2, 0) is 9.59 Å². The van der Waals surface area contributed by atoms with Gasteiger partial charge in [0.05, 0.1) is 0 Å². The molecule has 1 aromatic rings. The Balaban J connectivity index is 2.74. The third-order valence-corrected chi connectivity index (χ3v) is 2.76. The van der Waals surface area contributed by atoms with E-state index in [2.05, 4.69) is 10.6 Å². The van der Waals surface area contributed by atoms with Crippen LogP contribution in [0.1, 0.15) is 30.6 Å². The molecule has 1 atom stereocenters. The Labute approximate surface area is 122 Å². The molecular formula is C15H18N2O4. The molecule has 0 radical (unpaired) electrons. The van der Waals surface area contributed by atoms with Crippen molar-refractivity contribution in [2.45, 2.75) is 26.3 Å². The zero-order valence-electron chi connectivity index (χ0n) is 11.9. The van der Waals surface area contributed by atoms with Crippen LogP contribution in [0.15, 0.2) is 36.4 Å². The minimum atomic E-state index is -1.20. The number of hydrogen-bond acceptors (Lipinski definition) is 3. The Bertz CT molecular complexity index is 567. The first-order valence-corrected chi connectivity index (χ1v) is 6.55. The molecule has 0 aliphatic heterocycles. The van der Waals surface area contributed by atoms with Crippen LogP contribution in [0.5, 0.6) is 0 Å². The molecule has 0 aliphatic rings. The highest BCUT2D eigenvalue weighted by Crippen LogP contribution is 2.11. The van der Waals surface area contributed by atoms with Crippen molar-refractivity contribution < 1.29 is 19.5 Å². The van der Waals surface area contributed by atoms with Gasteiger partial charge in [-0.15, -0.1) is 0 Å². The van der Waals surface area contributed by atoms with E-state index in [9.17, 15) is 14.4 Å². The lowest BCUT2D eigenvalue weighted by Gasteiger charge is -2.12.